The Hall–Kier alpha value is -2.53. The topological polar surface area (TPSA) is 55.4 Å². The predicted octanol–water partition coefficient (Wildman–Crippen LogP) is 6.81. The van der Waals surface area contributed by atoms with Gasteiger partial charge in [0.05, 0.1) is 4.91 Å². The third kappa shape index (κ3) is 4.36. The van der Waals surface area contributed by atoms with Crippen molar-refractivity contribution in [2.45, 2.75) is 71.3 Å². The molecule has 2 aliphatic rings. The number of amides is 2. The number of imide groups is 1. The third-order valence-corrected chi connectivity index (χ3v) is 7.62. The molecule has 4 nitrogen and oxygen atoms in total. The zero-order valence-corrected chi connectivity index (χ0v) is 20.5. The third-order valence-electron chi connectivity index (χ3n) is 6.81. The van der Waals surface area contributed by atoms with Crippen LogP contribution in [0.4, 0.5) is 4.79 Å². The smallest absolute Gasteiger partial charge is 0.290 e. The Morgan fingerprint density at radius 2 is 1.59 bits per heavy atom. The van der Waals surface area contributed by atoms with E-state index in [1.165, 1.54) is 35.1 Å². The van der Waals surface area contributed by atoms with Gasteiger partial charge in [-0.3, -0.25) is 14.9 Å². The highest BCUT2D eigenvalue weighted by Crippen LogP contribution is 2.47. The van der Waals surface area contributed by atoms with Gasteiger partial charge in [-0.25, -0.2) is 0 Å². The Morgan fingerprint density at radius 1 is 1.00 bits per heavy atom. The van der Waals surface area contributed by atoms with Crippen LogP contribution < -0.4 is 10.1 Å². The van der Waals surface area contributed by atoms with Gasteiger partial charge in [0.25, 0.3) is 11.1 Å². The number of nitrogens with one attached hydrogen (secondary N) is 1. The second-order valence-corrected chi connectivity index (χ2v) is 11.2. The Balaban J connectivity index is 1.56. The predicted molar refractivity (Wildman–Crippen MR) is 131 cm³/mol. The summed E-state index contributed by atoms with van der Waals surface area (Å²) in [6.07, 6.45) is 4.02. The number of thioether (sulfide) groups is 1. The van der Waals surface area contributed by atoms with E-state index in [0.717, 1.165) is 23.1 Å². The minimum atomic E-state index is -0.345. The van der Waals surface area contributed by atoms with Gasteiger partial charge in [-0.2, -0.15) is 0 Å². The molecule has 0 bridgehead atoms. The zero-order valence-electron chi connectivity index (χ0n) is 19.7. The van der Waals surface area contributed by atoms with Crippen LogP contribution >= 0.6 is 11.8 Å². The molecule has 1 aliphatic carbocycles. The lowest BCUT2D eigenvalue weighted by molar-refractivity contribution is -0.115. The van der Waals surface area contributed by atoms with Gasteiger partial charge < -0.3 is 4.74 Å². The molecule has 0 saturated carbocycles. The number of fused-ring (bicyclic) bond motifs is 1. The van der Waals surface area contributed by atoms with Gasteiger partial charge in [-0.05, 0) is 95.3 Å². The lowest BCUT2D eigenvalue weighted by atomic mass is 9.62. The maximum Gasteiger partial charge on any atom is 0.290 e. The highest BCUT2D eigenvalue weighted by atomic mass is 32.2. The molecule has 1 fully saturated rings. The van der Waals surface area contributed by atoms with Gasteiger partial charge in [-0.15, -0.1) is 0 Å². The molecule has 0 radical (unpaired) electrons. The first-order chi connectivity index (χ1) is 15.0. The average Bonchev–Trinajstić information content (AvgIpc) is 3.03. The van der Waals surface area contributed by atoms with Crippen LogP contribution in [0, 0.1) is 6.92 Å². The van der Waals surface area contributed by atoms with E-state index in [2.05, 4.69) is 59.0 Å². The van der Waals surface area contributed by atoms with Gasteiger partial charge in [0, 0.05) is 0 Å². The van der Waals surface area contributed by atoms with Gasteiger partial charge >= 0.3 is 0 Å². The molecule has 32 heavy (non-hydrogen) atoms. The quantitative estimate of drug-likeness (QED) is 0.521. The molecule has 1 aliphatic heterocycles. The fraction of sp³-hybridized carbons (Fsp3) is 0.407. The molecular weight excluding hydrogens is 418 g/mol. The standard InChI is InChI=1S/C27H31NO3S/c1-16-13-21-22(27(5,6)12-11-26(21,3)4)15-20(16)17(2)31-19-9-7-18(8-10-19)14-23-24(29)28-25(30)32-23/h7-10,13-15,17H,11-12H2,1-6H3,(H,28,29,30). The van der Waals surface area contributed by atoms with Crippen molar-refractivity contribution in [3.05, 3.63) is 69.1 Å². The molecule has 1 unspecified atom stereocenters. The van der Waals surface area contributed by atoms with E-state index in [-0.39, 0.29) is 28.1 Å². The van der Waals surface area contributed by atoms with Crippen LogP contribution in [0.25, 0.3) is 6.08 Å². The van der Waals surface area contributed by atoms with Gasteiger partial charge in [0.1, 0.15) is 11.9 Å². The highest BCUT2D eigenvalue weighted by molar-refractivity contribution is 8.18. The maximum absolute atomic E-state index is 11.7. The average molecular weight is 450 g/mol. The summed E-state index contributed by atoms with van der Waals surface area (Å²) < 4.78 is 6.30. The first kappa shape index (κ1) is 22.7. The molecule has 4 rings (SSSR count). The lowest BCUT2D eigenvalue weighted by Crippen LogP contribution is -2.34. The molecule has 1 atom stereocenters. The van der Waals surface area contributed by atoms with Crippen molar-refractivity contribution in [2.24, 2.45) is 0 Å². The van der Waals surface area contributed by atoms with Crippen molar-refractivity contribution in [1.82, 2.24) is 5.32 Å². The molecule has 2 aromatic rings. The Kier molecular flexibility index (Phi) is 5.74. The minimum absolute atomic E-state index is 0.0841. The van der Waals surface area contributed by atoms with Crippen LogP contribution in [-0.4, -0.2) is 11.1 Å². The number of aryl methyl sites for hydroxylation is 1. The summed E-state index contributed by atoms with van der Waals surface area (Å²) in [5.74, 6) is 0.430. The minimum Gasteiger partial charge on any atom is -0.486 e. The summed E-state index contributed by atoms with van der Waals surface area (Å²) in [6, 6.07) is 12.3. The van der Waals surface area contributed by atoms with E-state index in [0.29, 0.717) is 4.91 Å². The van der Waals surface area contributed by atoms with Crippen molar-refractivity contribution in [1.29, 1.82) is 0 Å². The number of carbonyl (C=O) groups is 2. The molecule has 1 N–H and O–H groups in total. The summed E-state index contributed by atoms with van der Waals surface area (Å²) in [7, 11) is 0. The Morgan fingerprint density at radius 3 is 2.16 bits per heavy atom. The van der Waals surface area contributed by atoms with Crippen molar-refractivity contribution >= 4 is 29.0 Å². The zero-order chi connectivity index (χ0) is 23.3. The number of hydrogen-bond donors (Lipinski definition) is 1. The van der Waals surface area contributed by atoms with Crippen LogP contribution in [0.2, 0.25) is 0 Å². The van der Waals surface area contributed by atoms with E-state index >= 15 is 0 Å². The SMILES string of the molecule is Cc1cc2c(cc1C(C)Oc1ccc(C=C3SC(=O)NC3=O)cc1)C(C)(C)CCC2(C)C. The Bertz CT molecular complexity index is 1110. The van der Waals surface area contributed by atoms with E-state index in [1.54, 1.807) is 6.08 Å². The first-order valence-corrected chi connectivity index (χ1v) is 11.9. The van der Waals surface area contributed by atoms with Gasteiger partial charge in [-0.1, -0.05) is 52.0 Å². The summed E-state index contributed by atoms with van der Waals surface area (Å²) >= 11 is 0.923. The molecule has 2 aromatic carbocycles. The summed E-state index contributed by atoms with van der Waals surface area (Å²) in [5, 5.41) is 1.94. The number of carbonyl (C=O) groups excluding carboxylic acids is 2. The van der Waals surface area contributed by atoms with Crippen molar-refractivity contribution < 1.29 is 14.3 Å². The van der Waals surface area contributed by atoms with Crippen LogP contribution in [-0.2, 0) is 15.6 Å². The summed E-state index contributed by atoms with van der Waals surface area (Å²) in [6.45, 7) is 13.6. The van der Waals surface area contributed by atoms with E-state index in [1.807, 2.05) is 24.3 Å². The number of ether oxygens (including phenoxy) is 1. The Labute approximate surface area is 194 Å². The van der Waals surface area contributed by atoms with E-state index in [4.69, 9.17) is 4.74 Å². The number of hydrogen-bond acceptors (Lipinski definition) is 4. The fourth-order valence-corrected chi connectivity index (χ4v) is 5.34. The van der Waals surface area contributed by atoms with Gasteiger partial charge in [0.2, 0.25) is 0 Å². The van der Waals surface area contributed by atoms with Crippen molar-refractivity contribution in [3.8, 4) is 5.75 Å². The molecule has 2 amide bonds. The molecule has 1 saturated heterocycles. The van der Waals surface area contributed by atoms with Crippen LogP contribution in [0.5, 0.6) is 5.75 Å². The van der Waals surface area contributed by atoms with Gasteiger partial charge in [0.15, 0.2) is 0 Å². The van der Waals surface area contributed by atoms with E-state index < -0.39 is 0 Å². The first-order valence-electron chi connectivity index (χ1n) is 11.1. The maximum atomic E-state index is 11.7. The summed E-state index contributed by atoms with van der Waals surface area (Å²) in [4.78, 5) is 23.5. The van der Waals surface area contributed by atoms with Crippen LogP contribution in [0.1, 0.15) is 81.4 Å². The molecule has 1 heterocycles. The van der Waals surface area contributed by atoms with Crippen molar-refractivity contribution in [2.75, 3.05) is 0 Å². The van der Waals surface area contributed by atoms with Crippen LogP contribution in [0.3, 0.4) is 0 Å². The molecular formula is C27H31NO3S. The molecule has 0 spiro atoms. The monoisotopic (exact) mass is 449 g/mol. The van der Waals surface area contributed by atoms with Crippen LogP contribution in [0.15, 0.2) is 41.3 Å². The fourth-order valence-electron chi connectivity index (χ4n) is 4.66. The highest BCUT2D eigenvalue weighted by Gasteiger charge is 2.37. The lowest BCUT2D eigenvalue weighted by Gasteiger charge is -2.42. The molecule has 168 valence electrons. The van der Waals surface area contributed by atoms with E-state index in [9.17, 15) is 9.59 Å². The second kappa shape index (κ2) is 8.11. The van der Waals surface area contributed by atoms with Crippen molar-refractivity contribution in [3.63, 3.8) is 0 Å². The molecule has 5 heteroatoms. The molecule has 0 aromatic heterocycles. The number of rotatable bonds is 4. The number of benzene rings is 2. The normalized spacial score (nSPS) is 21.2. The summed E-state index contributed by atoms with van der Waals surface area (Å²) in [5.41, 5.74) is 6.60. The largest absolute Gasteiger partial charge is 0.486 e. The second-order valence-electron chi connectivity index (χ2n) is 10.2.